The Kier molecular flexibility index (Phi) is 4.85. The number of hydrogen-bond donors (Lipinski definition) is 0. The van der Waals surface area contributed by atoms with Crippen molar-refractivity contribution in [1.29, 1.82) is 0 Å². The first kappa shape index (κ1) is 15.2. The van der Waals surface area contributed by atoms with Gasteiger partial charge in [0.15, 0.2) is 0 Å². The number of piperazine rings is 1. The molecule has 2 aromatic rings. The summed E-state index contributed by atoms with van der Waals surface area (Å²) in [6, 6.07) is 10.8. The Balaban J connectivity index is 1.43. The second-order valence-electron chi connectivity index (χ2n) is 6.08. The number of hydrogen-bond acceptors (Lipinski definition) is 4. The zero-order chi connectivity index (χ0) is 15.4. The molecule has 3 rings (SSSR count). The highest BCUT2D eigenvalue weighted by Gasteiger charge is 2.18. The van der Waals surface area contributed by atoms with Crippen molar-refractivity contribution in [2.45, 2.75) is 19.9 Å². The van der Waals surface area contributed by atoms with Crippen LogP contribution in [-0.4, -0.2) is 57.3 Å². The largest absolute Gasteiger partial charge is 0.317 e. The van der Waals surface area contributed by atoms with Crippen LogP contribution in [0, 0.1) is 6.92 Å². The summed E-state index contributed by atoms with van der Waals surface area (Å²) in [5, 5.41) is 8.40. The lowest BCUT2D eigenvalue weighted by Gasteiger charge is -2.34. The van der Waals surface area contributed by atoms with Gasteiger partial charge in [0.05, 0.1) is 6.54 Å². The summed E-state index contributed by atoms with van der Waals surface area (Å²) < 4.78 is 2.09. The molecule has 0 atom stereocenters. The molecule has 22 heavy (non-hydrogen) atoms. The van der Waals surface area contributed by atoms with Crippen molar-refractivity contribution in [1.82, 2.24) is 24.6 Å². The Hall–Kier alpha value is -1.72. The van der Waals surface area contributed by atoms with Crippen LogP contribution in [0.4, 0.5) is 0 Å². The van der Waals surface area contributed by atoms with E-state index in [9.17, 15) is 0 Å². The van der Waals surface area contributed by atoms with E-state index < -0.39 is 0 Å². The number of aryl methyl sites for hydroxylation is 1. The van der Waals surface area contributed by atoms with Crippen LogP contribution in [-0.2, 0) is 20.0 Å². The fourth-order valence-corrected chi connectivity index (χ4v) is 2.89. The predicted molar refractivity (Wildman–Crippen MR) is 87.6 cm³/mol. The summed E-state index contributed by atoms with van der Waals surface area (Å²) in [5.74, 6) is 2.05. The van der Waals surface area contributed by atoms with Crippen LogP contribution in [0.25, 0.3) is 0 Å². The number of nitrogens with zero attached hydrogens (tertiary/aromatic N) is 5. The first-order valence-electron chi connectivity index (χ1n) is 8.06. The van der Waals surface area contributed by atoms with Crippen LogP contribution in [0.1, 0.15) is 17.2 Å². The lowest BCUT2D eigenvalue weighted by atomic mass is 10.1. The van der Waals surface area contributed by atoms with Gasteiger partial charge in [0.25, 0.3) is 0 Å². The molecule has 5 heteroatoms. The van der Waals surface area contributed by atoms with E-state index in [4.69, 9.17) is 0 Å². The van der Waals surface area contributed by atoms with Gasteiger partial charge in [0.1, 0.15) is 11.6 Å². The van der Waals surface area contributed by atoms with Gasteiger partial charge >= 0.3 is 0 Å². The van der Waals surface area contributed by atoms with Gasteiger partial charge in [0, 0.05) is 39.8 Å². The van der Waals surface area contributed by atoms with Gasteiger partial charge in [-0.3, -0.25) is 4.90 Å². The van der Waals surface area contributed by atoms with Crippen LogP contribution in [0.15, 0.2) is 30.3 Å². The summed E-state index contributed by atoms with van der Waals surface area (Å²) in [5.41, 5.74) is 1.43. The van der Waals surface area contributed by atoms with Gasteiger partial charge in [-0.05, 0) is 18.9 Å². The molecule has 0 bridgehead atoms. The van der Waals surface area contributed by atoms with E-state index >= 15 is 0 Å². The molecule has 0 N–H and O–H groups in total. The molecule has 0 amide bonds. The third kappa shape index (κ3) is 3.72. The molecule has 1 aromatic heterocycles. The Bertz CT molecular complexity index is 584. The van der Waals surface area contributed by atoms with Crippen LogP contribution in [0.3, 0.4) is 0 Å². The molecule has 1 aliphatic heterocycles. The van der Waals surface area contributed by atoms with Crippen LogP contribution in [0.5, 0.6) is 0 Å². The van der Waals surface area contributed by atoms with E-state index in [1.807, 2.05) is 14.0 Å². The fraction of sp³-hybridized carbons (Fsp3) is 0.529. The minimum atomic E-state index is 0.907. The monoisotopic (exact) mass is 299 g/mol. The van der Waals surface area contributed by atoms with Crippen molar-refractivity contribution in [3.05, 3.63) is 47.5 Å². The second kappa shape index (κ2) is 7.03. The van der Waals surface area contributed by atoms with Crippen LogP contribution >= 0.6 is 0 Å². The first-order chi connectivity index (χ1) is 10.7. The maximum Gasteiger partial charge on any atom is 0.146 e. The SMILES string of the molecule is Cc1nnc(CN2CCN(CCc3ccccc3)CC2)n1C. The van der Waals surface area contributed by atoms with Crippen molar-refractivity contribution in [2.75, 3.05) is 32.7 Å². The van der Waals surface area contributed by atoms with Crippen LogP contribution < -0.4 is 0 Å². The third-order valence-electron chi connectivity index (χ3n) is 4.57. The van der Waals surface area contributed by atoms with E-state index in [1.165, 1.54) is 5.56 Å². The first-order valence-corrected chi connectivity index (χ1v) is 8.06. The Morgan fingerprint density at radius 3 is 2.27 bits per heavy atom. The van der Waals surface area contributed by atoms with Gasteiger partial charge in [0.2, 0.25) is 0 Å². The van der Waals surface area contributed by atoms with E-state index in [1.54, 1.807) is 0 Å². The minimum absolute atomic E-state index is 0.907. The summed E-state index contributed by atoms with van der Waals surface area (Å²) in [6.45, 7) is 8.57. The maximum atomic E-state index is 4.26. The third-order valence-corrected chi connectivity index (χ3v) is 4.57. The molecule has 0 spiro atoms. The zero-order valence-corrected chi connectivity index (χ0v) is 13.6. The average molecular weight is 299 g/mol. The molecule has 1 aliphatic rings. The molecular formula is C17H25N5. The van der Waals surface area contributed by atoms with E-state index in [-0.39, 0.29) is 0 Å². The second-order valence-corrected chi connectivity index (χ2v) is 6.08. The minimum Gasteiger partial charge on any atom is -0.317 e. The highest BCUT2D eigenvalue weighted by Crippen LogP contribution is 2.09. The highest BCUT2D eigenvalue weighted by atomic mass is 15.3. The molecule has 1 fully saturated rings. The summed E-state index contributed by atoms with van der Waals surface area (Å²) in [4.78, 5) is 5.04. The van der Waals surface area contributed by atoms with Crippen LogP contribution in [0.2, 0.25) is 0 Å². The Morgan fingerprint density at radius 2 is 1.64 bits per heavy atom. The number of benzene rings is 1. The quantitative estimate of drug-likeness (QED) is 0.838. The lowest BCUT2D eigenvalue weighted by Crippen LogP contribution is -2.46. The fourth-order valence-electron chi connectivity index (χ4n) is 2.89. The summed E-state index contributed by atoms with van der Waals surface area (Å²) in [7, 11) is 2.04. The van der Waals surface area contributed by atoms with Gasteiger partial charge < -0.3 is 9.47 Å². The standard InChI is InChI=1S/C17H25N5/c1-15-18-19-17(20(15)2)14-22-12-10-21(11-13-22)9-8-16-6-4-3-5-7-16/h3-7H,8-14H2,1-2H3. The van der Waals surface area contributed by atoms with Crippen molar-refractivity contribution < 1.29 is 0 Å². The molecule has 0 saturated carbocycles. The Morgan fingerprint density at radius 1 is 0.955 bits per heavy atom. The van der Waals surface area contributed by atoms with Gasteiger partial charge in [-0.1, -0.05) is 30.3 Å². The normalized spacial score (nSPS) is 17.0. The molecule has 0 radical (unpaired) electrons. The molecule has 2 heterocycles. The topological polar surface area (TPSA) is 37.2 Å². The van der Waals surface area contributed by atoms with Crippen molar-refractivity contribution in [3.8, 4) is 0 Å². The average Bonchev–Trinajstić information content (AvgIpc) is 2.87. The smallest absolute Gasteiger partial charge is 0.146 e. The zero-order valence-electron chi connectivity index (χ0n) is 13.6. The molecule has 1 saturated heterocycles. The molecule has 0 aliphatic carbocycles. The number of aromatic nitrogens is 3. The summed E-state index contributed by atoms with van der Waals surface area (Å²) >= 11 is 0. The molecule has 5 nitrogen and oxygen atoms in total. The van der Waals surface area contributed by atoms with Gasteiger partial charge in [-0.25, -0.2) is 0 Å². The molecular weight excluding hydrogens is 274 g/mol. The highest BCUT2D eigenvalue weighted by molar-refractivity contribution is 5.14. The lowest BCUT2D eigenvalue weighted by molar-refractivity contribution is 0.125. The molecule has 1 aromatic carbocycles. The van der Waals surface area contributed by atoms with E-state index in [0.717, 1.165) is 57.3 Å². The van der Waals surface area contributed by atoms with E-state index in [2.05, 4.69) is 54.9 Å². The molecule has 118 valence electrons. The maximum absolute atomic E-state index is 4.26. The Labute approximate surface area is 132 Å². The van der Waals surface area contributed by atoms with Gasteiger partial charge in [-0.2, -0.15) is 0 Å². The van der Waals surface area contributed by atoms with Gasteiger partial charge in [-0.15, -0.1) is 10.2 Å². The van der Waals surface area contributed by atoms with Crippen molar-refractivity contribution in [2.24, 2.45) is 7.05 Å². The summed E-state index contributed by atoms with van der Waals surface area (Å²) in [6.07, 6.45) is 1.14. The van der Waals surface area contributed by atoms with E-state index in [0.29, 0.717) is 0 Å². The van der Waals surface area contributed by atoms with Crippen molar-refractivity contribution in [3.63, 3.8) is 0 Å². The predicted octanol–water partition coefficient (Wildman–Crippen LogP) is 1.48. The molecule has 0 unspecified atom stereocenters. The van der Waals surface area contributed by atoms with Crippen molar-refractivity contribution >= 4 is 0 Å². The number of rotatable bonds is 5.